The molecule has 1 aliphatic heterocycles. The van der Waals surface area contributed by atoms with E-state index in [0.717, 1.165) is 37.9 Å². The van der Waals surface area contributed by atoms with E-state index >= 15 is 0 Å². The number of piperidine rings is 1. The Kier molecular flexibility index (Phi) is 6.88. The second-order valence-corrected chi connectivity index (χ2v) is 10.6. The lowest BCUT2D eigenvalue weighted by molar-refractivity contribution is -0.129. The van der Waals surface area contributed by atoms with Gasteiger partial charge in [-0.15, -0.1) is 0 Å². The molecule has 0 radical (unpaired) electrons. The third-order valence-electron chi connectivity index (χ3n) is 5.99. The zero-order valence-corrected chi connectivity index (χ0v) is 19.7. The normalized spacial score (nSPS) is 15.4. The second kappa shape index (κ2) is 9.64. The molecule has 1 aromatic heterocycles. The number of fused-ring (bicyclic) bond motifs is 1. The molecule has 4 rings (SSSR count). The lowest BCUT2D eigenvalue weighted by atomic mass is 9.90. The van der Waals surface area contributed by atoms with Gasteiger partial charge in [0.2, 0.25) is 15.9 Å². The molecule has 0 bridgehead atoms. The number of aryl methyl sites for hydroxylation is 1. The molecule has 0 unspecified atom stereocenters. The van der Waals surface area contributed by atoms with Gasteiger partial charge in [0.05, 0.1) is 21.7 Å². The van der Waals surface area contributed by atoms with Crippen LogP contribution in [0.15, 0.2) is 58.6 Å². The fraction of sp³-hybridized carbons (Fsp3) is 0.391. The average molecular weight is 473 g/mol. The van der Waals surface area contributed by atoms with Crippen molar-refractivity contribution in [1.82, 2.24) is 14.5 Å². The molecule has 0 aliphatic carbocycles. The topological polar surface area (TPSA) is 98.3 Å². The van der Waals surface area contributed by atoms with Gasteiger partial charge in [-0.25, -0.2) is 18.5 Å². The second-order valence-electron chi connectivity index (χ2n) is 8.14. The average Bonchev–Trinajstić information content (AvgIpc) is 3.15. The summed E-state index contributed by atoms with van der Waals surface area (Å²) in [7, 11) is -3.79. The zero-order valence-electron chi connectivity index (χ0n) is 18.1. The van der Waals surface area contributed by atoms with E-state index in [1.165, 1.54) is 29.5 Å². The number of nitrogens with two attached hydrogens (primary N) is 1. The number of aromatic nitrogens is 2. The number of primary sulfonamides is 1. The predicted molar refractivity (Wildman–Crippen MR) is 127 cm³/mol. The number of carbonyl (C=O) groups is 1. The molecule has 1 aliphatic rings. The molecule has 1 amide bonds. The largest absolute Gasteiger partial charge is 0.342 e. The maximum atomic E-state index is 12.8. The first-order valence-corrected chi connectivity index (χ1v) is 13.4. The third kappa shape index (κ3) is 5.16. The fourth-order valence-electron chi connectivity index (χ4n) is 4.23. The van der Waals surface area contributed by atoms with E-state index in [4.69, 9.17) is 5.14 Å². The Bertz CT molecular complexity index is 1200. The van der Waals surface area contributed by atoms with Gasteiger partial charge in [0, 0.05) is 19.6 Å². The summed E-state index contributed by atoms with van der Waals surface area (Å²) in [6, 6.07) is 15.2. The number of rotatable bonds is 7. The van der Waals surface area contributed by atoms with Crippen molar-refractivity contribution >= 4 is 38.7 Å². The van der Waals surface area contributed by atoms with Crippen LogP contribution in [0.5, 0.6) is 0 Å². The molecule has 32 heavy (non-hydrogen) atoms. The minimum absolute atomic E-state index is 0.0387. The van der Waals surface area contributed by atoms with Crippen molar-refractivity contribution in [3.63, 3.8) is 0 Å². The van der Waals surface area contributed by atoms with Crippen molar-refractivity contribution in [3.05, 3.63) is 54.1 Å². The Balaban J connectivity index is 1.36. The quantitative estimate of drug-likeness (QED) is 0.532. The Labute approximate surface area is 193 Å². The van der Waals surface area contributed by atoms with Crippen LogP contribution < -0.4 is 5.14 Å². The van der Waals surface area contributed by atoms with Crippen molar-refractivity contribution in [2.24, 2.45) is 11.1 Å². The standard InChI is InChI=1S/C23H28N4O3S2/c1-2-27-21-9-8-19(32(24,29)30)15-20(21)25-23(27)31-16-22(28)26-12-10-18(11-13-26)14-17-6-4-3-5-7-17/h3-9,15,18H,2,10-14,16H2,1H3,(H2,24,29,30). The Morgan fingerprint density at radius 2 is 1.88 bits per heavy atom. The van der Waals surface area contributed by atoms with Crippen LogP contribution >= 0.6 is 11.8 Å². The van der Waals surface area contributed by atoms with Crippen molar-refractivity contribution in [2.75, 3.05) is 18.8 Å². The summed E-state index contributed by atoms with van der Waals surface area (Å²) in [5, 5.41) is 5.95. The van der Waals surface area contributed by atoms with E-state index in [2.05, 4.69) is 29.2 Å². The number of amides is 1. The van der Waals surface area contributed by atoms with Gasteiger partial charge in [0.25, 0.3) is 0 Å². The zero-order chi connectivity index (χ0) is 22.7. The lowest BCUT2D eigenvalue weighted by Gasteiger charge is -2.32. The molecular weight excluding hydrogens is 444 g/mol. The van der Waals surface area contributed by atoms with Crippen molar-refractivity contribution in [1.29, 1.82) is 0 Å². The maximum absolute atomic E-state index is 12.8. The molecule has 0 saturated carbocycles. The van der Waals surface area contributed by atoms with Gasteiger partial charge in [-0.2, -0.15) is 0 Å². The van der Waals surface area contributed by atoms with Gasteiger partial charge in [-0.05, 0) is 55.9 Å². The first kappa shape index (κ1) is 22.8. The Morgan fingerprint density at radius 1 is 1.16 bits per heavy atom. The highest BCUT2D eigenvalue weighted by Crippen LogP contribution is 2.27. The van der Waals surface area contributed by atoms with E-state index < -0.39 is 10.0 Å². The highest BCUT2D eigenvalue weighted by molar-refractivity contribution is 7.99. The number of benzene rings is 2. The molecule has 2 N–H and O–H groups in total. The van der Waals surface area contributed by atoms with Crippen LogP contribution in [0.3, 0.4) is 0 Å². The molecule has 9 heteroatoms. The minimum atomic E-state index is -3.79. The van der Waals surface area contributed by atoms with Gasteiger partial charge in [0.1, 0.15) is 0 Å². The molecule has 1 fully saturated rings. The van der Waals surface area contributed by atoms with Gasteiger partial charge >= 0.3 is 0 Å². The van der Waals surface area contributed by atoms with Crippen LogP contribution in [0.25, 0.3) is 11.0 Å². The molecule has 3 aromatic rings. The maximum Gasteiger partial charge on any atom is 0.238 e. The summed E-state index contributed by atoms with van der Waals surface area (Å²) in [6.07, 6.45) is 3.11. The van der Waals surface area contributed by atoms with Crippen LogP contribution in [0.4, 0.5) is 0 Å². The monoisotopic (exact) mass is 472 g/mol. The van der Waals surface area contributed by atoms with E-state index in [1.54, 1.807) is 6.07 Å². The molecular formula is C23H28N4O3S2. The van der Waals surface area contributed by atoms with E-state index in [9.17, 15) is 13.2 Å². The SMILES string of the molecule is CCn1c(SCC(=O)N2CCC(Cc3ccccc3)CC2)nc2cc(S(N)(=O)=O)ccc21. The lowest BCUT2D eigenvalue weighted by Crippen LogP contribution is -2.39. The third-order valence-corrected chi connectivity index (χ3v) is 7.86. The van der Waals surface area contributed by atoms with Gasteiger partial charge in [-0.3, -0.25) is 4.79 Å². The van der Waals surface area contributed by atoms with Crippen molar-refractivity contribution < 1.29 is 13.2 Å². The van der Waals surface area contributed by atoms with Gasteiger partial charge in [0.15, 0.2) is 5.16 Å². The molecule has 1 saturated heterocycles. The number of hydrogen-bond donors (Lipinski definition) is 1. The fourth-order valence-corrected chi connectivity index (χ4v) is 5.75. The number of carbonyl (C=O) groups excluding carboxylic acids is 1. The highest BCUT2D eigenvalue weighted by atomic mass is 32.2. The molecule has 170 valence electrons. The van der Waals surface area contributed by atoms with Crippen LogP contribution in [0.2, 0.25) is 0 Å². The molecule has 2 aromatic carbocycles. The number of hydrogen-bond acceptors (Lipinski definition) is 5. The summed E-state index contributed by atoms with van der Waals surface area (Å²) in [4.78, 5) is 19.4. The summed E-state index contributed by atoms with van der Waals surface area (Å²) in [5.41, 5.74) is 2.75. The van der Waals surface area contributed by atoms with Crippen LogP contribution in [0, 0.1) is 5.92 Å². The van der Waals surface area contributed by atoms with E-state index in [1.807, 2.05) is 22.5 Å². The molecule has 0 atom stereocenters. The summed E-state index contributed by atoms with van der Waals surface area (Å²) < 4.78 is 25.3. The number of imidazole rings is 1. The number of thioether (sulfide) groups is 1. The van der Waals surface area contributed by atoms with Crippen LogP contribution in [-0.4, -0.2) is 47.6 Å². The first-order valence-electron chi connectivity index (χ1n) is 10.8. The summed E-state index contributed by atoms with van der Waals surface area (Å²) in [5.74, 6) is 1.05. The molecule has 0 spiro atoms. The van der Waals surface area contributed by atoms with E-state index in [-0.39, 0.29) is 10.8 Å². The highest BCUT2D eigenvalue weighted by Gasteiger charge is 2.24. The first-order chi connectivity index (χ1) is 15.3. The Hall–Kier alpha value is -2.36. The van der Waals surface area contributed by atoms with Gasteiger partial charge < -0.3 is 9.47 Å². The van der Waals surface area contributed by atoms with E-state index in [0.29, 0.717) is 28.9 Å². The number of nitrogens with zero attached hydrogens (tertiary/aromatic N) is 3. The van der Waals surface area contributed by atoms with Crippen molar-refractivity contribution in [3.8, 4) is 0 Å². The summed E-state index contributed by atoms with van der Waals surface area (Å²) in [6.45, 7) is 4.25. The predicted octanol–water partition coefficient (Wildman–Crippen LogP) is 3.28. The number of sulfonamides is 1. The minimum Gasteiger partial charge on any atom is -0.342 e. The Morgan fingerprint density at radius 3 is 2.53 bits per heavy atom. The molecule has 7 nitrogen and oxygen atoms in total. The van der Waals surface area contributed by atoms with Crippen LogP contribution in [-0.2, 0) is 27.8 Å². The van der Waals surface area contributed by atoms with Crippen LogP contribution in [0.1, 0.15) is 25.3 Å². The van der Waals surface area contributed by atoms with Crippen molar-refractivity contribution in [2.45, 2.75) is 42.8 Å². The number of likely N-dealkylation sites (tertiary alicyclic amines) is 1. The smallest absolute Gasteiger partial charge is 0.238 e. The molecule has 2 heterocycles. The van der Waals surface area contributed by atoms with Gasteiger partial charge in [-0.1, -0.05) is 42.1 Å². The summed E-state index contributed by atoms with van der Waals surface area (Å²) >= 11 is 1.40.